The molecule has 0 saturated heterocycles. The van der Waals surface area contributed by atoms with Crippen LogP contribution in [0.1, 0.15) is 25.8 Å². The van der Waals surface area contributed by atoms with E-state index >= 15 is 0 Å². The highest BCUT2D eigenvalue weighted by Crippen LogP contribution is 2.15. The van der Waals surface area contributed by atoms with Crippen LogP contribution in [0.3, 0.4) is 0 Å². The van der Waals surface area contributed by atoms with Crippen molar-refractivity contribution in [3.05, 3.63) is 34.6 Å². The highest BCUT2D eigenvalue weighted by atomic mass is 35.5. The fourth-order valence-corrected chi connectivity index (χ4v) is 1.80. The van der Waals surface area contributed by atoms with Crippen molar-refractivity contribution in [3.8, 4) is 0 Å². The van der Waals surface area contributed by atoms with Crippen molar-refractivity contribution in [3.63, 3.8) is 0 Å². The van der Waals surface area contributed by atoms with Gasteiger partial charge in [-0.3, -0.25) is 4.79 Å². The van der Waals surface area contributed by atoms with Gasteiger partial charge in [0, 0.05) is 17.1 Å². The number of carboxylic acid groups (broad SMARTS) is 1. The van der Waals surface area contributed by atoms with Crippen LogP contribution < -0.4 is 5.32 Å². The molecule has 1 aromatic carbocycles. The van der Waals surface area contributed by atoms with Gasteiger partial charge in [-0.1, -0.05) is 31.5 Å². The molecule has 0 aliphatic rings. The predicted octanol–water partition coefficient (Wildman–Crippen LogP) is 3.07. The van der Waals surface area contributed by atoms with Gasteiger partial charge in [-0.25, -0.2) is 4.39 Å². The van der Waals surface area contributed by atoms with Crippen LogP contribution in [-0.4, -0.2) is 17.1 Å². The number of carboxylic acids is 1. The molecule has 1 rings (SSSR count). The van der Waals surface area contributed by atoms with Crippen molar-refractivity contribution in [2.45, 2.75) is 32.9 Å². The van der Waals surface area contributed by atoms with E-state index in [1.54, 1.807) is 12.1 Å². The molecule has 3 nitrogen and oxygen atoms in total. The standard InChI is InChI=1S/C13H17ClFNO2/c1-8(2)5-12(13(17)18)16-7-9-3-4-10(14)6-11(9)15/h3-4,6,8,12,16H,5,7H2,1-2H3,(H,17,18)/t12-/m0/s1. The number of carbonyl (C=O) groups is 1. The van der Waals surface area contributed by atoms with E-state index in [-0.39, 0.29) is 12.5 Å². The number of halogens is 2. The fourth-order valence-electron chi connectivity index (χ4n) is 1.64. The van der Waals surface area contributed by atoms with Crippen LogP contribution in [0.15, 0.2) is 18.2 Å². The second-order valence-corrected chi connectivity index (χ2v) is 5.07. The zero-order chi connectivity index (χ0) is 13.7. The molecule has 0 fully saturated rings. The molecular formula is C13H17ClFNO2. The third kappa shape index (κ3) is 4.63. The molecule has 0 aliphatic carbocycles. The first kappa shape index (κ1) is 14.9. The van der Waals surface area contributed by atoms with Gasteiger partial charge in [-0.2, -0.15) is 0 Å². The van der Waals surface area contributed by atoms with Crippen LogP contribution in [0.4, 0.5) is 4.39 Å². The molecule has 0 unspecified atom stereocenters. The Morgan fingerprint density at radius 3 is 2.67 bits per heavy atom. The lowest BCUT2D eigenvalue weighted by Gasteiger charge is -2.16. The van der Waals surface area contributed by atoms with Crippen LogP contribution >= 0.6 is 11.6 Å². The average molecular weight is 274 g/mol. The molecule has 0 spiro atoms. The summed E-state index contributed by atoms with van der Waals surface area (Å²) in [5.74, 6) is -1.09. The Kier molecular flexibility index (Phi) is 5.56. The lowest BCUT2D eigenvalue weighted by Crippen LogP contribution is -2.37. The third-order valence-electron chi connectivity index (χ3n) is 2.56. The predicted molar refractivity (Wildman–Crippen MR) is 69.1 cm³/mol. The van der Waals surface area contributed by atoms with Gasteiger partial charge < -0.3 is 10.4 Å². The molecule has 2 N–H and O–H groups in total. The number of nitrogens with one attached hydrogen (secondary N) is 1. The summed E-state index contributed by atoms with van der Waals surface area (Å²) in [6, 6.07) is 3.69. The monoisotopic (exact) mass is 273 g/mol. The summed E-state index contributed by atoms with van der Waals surface area (Å²) < 4.78 is 13.5. The maximum Gasteiger partial charge on any atom is 0.320 e. The molecule has 0 bridgehead atoms. The molecular weight excluding hydrogens is 257 g/mol. The van der Waals surface area contributed by atoms with Crippen molar-refractivity contribution in [1.29, 1.82) is 0 Å². The maximum atomic E-state index is 13.5. The van der Waals surface area contributed by atoms with Crippen LogP contribution in [-0.2, 0) is 11.3 Å². The molecule has 100 valence electrons. The Balaban J connectivity index is 2.64. The van der Waals surface area contributed by atoms with E-state index in [9.17, 15) is 9.18 Å². The molecule has 5 heteroatoms. The summed E-state index contributed by atoms with van der Waals surface area (Å²) >= 11 is 5.64. The molecule has 0 heterocycles. The third-order valence-corrected chi connectivity index (χ3v) is 2.79. The molecule has 18 heavy (non-hydrogen) atoms. The topological polar surface area (TPSA) is 49.3 Å². The van der Waals surface area contributed by atoms with E-state index in [4.69, 9.17) is 16.7 Å². The van der Waals surface area contributed by atoms with Crippen molar-refractivity contribution < 1.29 is 14.3 Å². The van der Waals surface area contributed by atoms with Gasteiger partial charge >= 0.3 is 5.97 Å². The first-order chi connectivity index (χ1) is 8.40. The Hall–Kier alpha value is -1.13. The van der Waals surface area contributed by atoms with Crippen molar-refractivity contribution in [2.24, 2.45) is 5.92 Å². The van der Waals surface area contributed by atoms with Gasteiger partial charge in [0.1, 0.15) is 11.9 Å². The normalized spacial score (nSPS) is 12.7. The SMILES string of the molecule is CC(C)C[C@H](NCc1ccc(Cl)cc1F)C(=O)O. The average Bonchev–Trinajstić information content (AvgIpc) is 2.25. The van der Waals surface area contributed by atoms with Gasteiger partial charge in [-0.05, 0) is 24.5 Å². The minimum atomic E-state index is -0.918. The lowest BCUT2D eigenvalue weighted by atomic mass is 10.0. The second-order valence-electron chi connectivity index (χ2n) is 4.64. The maximum absolute atomic E-state index is 13.5. The molecule has 0 radical (unpaired) electrons. The van der Waals surface area contributed by atoms with Crippen molar-refractivity contribution in [2.75, 3.05) is 0 Å². The van der Waals surface area contributed by atoms with Gasteiger partial charge in [0.15, 0.2) is 0 Å². The van der Waals surface area contributed by atoms with Gasteiger partial charge in [0.05, 0.1) is 0 Å². The number of hydrogen-bond acceptors (Lipinski definition) is 2. The minimum absolute atomic E-state index is 0.173. The van der Waals surface area contributed by atoms with E-state index in [1.807, 2.05) is 13.8 Å². The highest BCUT2D eigenvalue weighted by Gasteiger charge is 2.18. The minimum Gasteiger partial charge on any atom is -0.480 e. The number of aliphatic carboxylic acids is 1. The summed E-state index contributed by atoms with van der Waals surface area (Å²) in [5, 5.41) is 12.2. The van der Waals surface area contributed by atoms with E-state index in [2.05, 4.69) is 5.32 Å². The summed E-state index contributed by atoms with van der Waals surface area (Å²) in [6.07, 6.45) is 0.505. The molecule has 0 aromatic heterocycles. The molecule has 0 amide bonds. The van der Waals surface area contributed by atoms with Crippen LogP contribution in [0.25, 0.3) is 0 Å². The Morgan fingerprint density at radius 2 is 2.17 bits per heavy atom. The fraction of sp³-hybridized carbons (Fsp3) is 0.462. The quantitative estimate of drug-likeness (QED) is 0.837. The Labute approximate surface area is 111 Å². The molecule has 0 saturated carbocycles. The molecule has 1 atom stereocenters. The lowest BCUT2D eigenvalue weighted by molar-refractivity contribution is -0.140. The van der Waals surface area contributed by atoms with E-state index in [1.165, 1.54) is 6.07 Å². The van der Waals surface area contributed by atoms with Gasteiger partial charge in [0.25, 0.3) is 0 Å². The van der Waals surface area contributed by atoms with Crippen molar-refractivity contribution >= 4 is 17.6 Å². The van der Waals surface area contributed by atoms with E-state index in [0.29, 0.717) is 17.0 Å². The highest BCUT2D eigenvalue weighted by molar-refractivity contribution is 6.30. The first-order valence-corrected chi connectivity index (χ1v) is 6.18. The van der Waals surface area contributed by atoms with Crippen molar-refractivity contribution in [1.82, 2.24) is 5.32 Å². The van der Waals surface area contributed by atoms with E-state index < -0.39 is 17.8 Å². The van der Waals surface area contributed by atoms with E-state index in [0.717, 1.165) is 0 Å². The zero-order valence-corrected chi connectivity index (χ0v) is 11.2. The number of benzene rings is 1. The number of rotatable bonds is 6. The van der Waals surface area contributed by atoms with Gasteiger partial charge in [-0.15, -0.1) is 0 Å². The summed E-state index contributed by atoms with van der Waals surface area (Å²) in [5.41, 5.74) is 0.411. The Morgan fingerprint density at radius 1 is 1.50 bits per heavy atom. The molecule has 0 aliphatic heterocycles. The summed E-state index contributed by atoms with van der Waals surface area (Å²) in [6.45, 7) is 4.06. The Bertz CT molecular complexity index is 423. The smallest absolute Gasteiger partial charge is 0.320 e. The second kappa shape index (κ2) is 6.71. The van der Waals surface area contributed by atoms with Gasteiger partial charge in [0.2, 0.25) is 0 Å². The summed E-state index contributed by atoms with van der Waals surface area (Å²) in [7, 11) is 0. The zero-order valence-electron chi connectivity index (χ0n) is 10.4. The summed E-state index contributed by atoms with van der Waals surface area (Å²) in [4.78, 5) is 11.0. The van der Waals surface area contributed by atoms with Crippen LogP contribution in [0, 0.1) is 11.7 Å². The number of hydrogen-bond donors (Lipinski definition) is 2. The van der Waals surface area contributed by atoms with Crippen LogP contribution in [0.2, 0.25) is 5.02 Å². The first-order valence-electron chi connectivity index (χ1n) is 5.80. The van der Waals surface area contributed by atoms with Crippen LogP contribution in [0.5, 0.6) is 0 Å². The largest absolute Gasteiger partial charge is 0.480 e. The molecule has 1 aromatic rings.